The van der Waals surface area contributed by atoms with E-state index in [1.165, 1.54) is 19.4 Å². The number of H-pyrrole nitrogens is 1. The highest BCUT2D eigenvalue weighted by atomic mass is 16.5. The van der Waals surface area contributed by atoms with Crippen molar-refractivity contribution in [2.45, 2.75) is 7.43 Å². The Morgan fingerprint density at radius 2 is 2.10 bits per heavy atom. The normalized spacial score (nSPS) is 9.70. The van der Waals surface area contributed by atoms with E-state index in [1.54, 1.807) is 23.9 Å². The Bertz CT molecular complexity index is 627. The Labute approximate surface area is 116 Å². The van der Waals surface area contributed by atoms with Gasteiger partial charge in [-0.2, -0.15) is 0 Å². The van der Waals surface area contributed by atoms with Crippen molar-refractivity contribution in [2.24, 2.45) is 7.05 Å². The van der Waals surface area contributed by atoms with Gasteiger partial charge in [-0.1, -0.05) is 7.43 Å². The molecule has 0 unspecified atom stereocenters. The lowest BCUT2D eigenvalue weighted by Crippen LogP contribution is -2.14. The van der Waals surface area contributed by atoms with E-state index in [4.69, 9.17) is 5.73 Å². The topological polar surface area (TPSA) is 102 Å². The lowest BCUT2D eigenvalue weighted by atomic mass is 10.3. The van der Waals surface area contributed by atoms with Crippen LogP contribution < -0.4 is 11.1 Å². The molecule has 1 amide bonds. The van der Waals surface area contributed by atoms with Crippen LogP contribution in [0, 0.1) is 0 Å². The molecule has 7 nitrogen and oxygen atoms in total. The molecule has 7 heteroatoms. The van der Waals surface area contributed by atoms with Crippen LogP contribution in [0.3, 0.4) is 0 Å². The maximum Gasteiger partial charge on any atom is 0.354 e. The zero-order valence-corrected chi connectivity index (χ0v) is 10.6. The van der Waals surface area contributed by atoms with E-state index in [-0.39, 0.29) is 19.0 Å². The molecule has 0 spiro atoms. The van der Waals surface area contributed by atoms with E-state index in [0.717, 1.165) is 0 Å². The summed E-state index contributed by atoms with van der Waals surface area (Å²) in [6, 6.07) is 3.07. The summed E-state index contributed by atoms with van der Waals surface area (Å²) in [5.74, 6) is -0.807. The summed E-state index contributed by atoms with van der Waals surface area (Å²) in [6.07, 6.45) is 3.16. The predicted octanol–water partition coefficient (Wildman–Crippen LogP) is 1.61. The predicted molar refractivity (Wildman–Crippen MR) is 76.6 cm³/mol. The van der Waals surface area contributed by atoms with E-state index >= 15 is 0 Å². The maximum atomic E-state index is 12.0. The van der Waals surface area contributed by atoms with Crippen LogP contribution in [0.25, 0.3) is 0 Å². The van der Waals surface area contributed by atoms with Crippen LogP contribution in [-0.4, -0.2) is 28.5 Å². The zero-order chi connectivity index (χ0) is 14.0. The highest BCUT2D eigenvalue weighted by Crippen LogP contribution is 2.14. The third kappa shape index (κ3) is 3.00. The summed E-state index contributed by atoms with van der Waals surface area (Å²) in [5.41, 5.74) is 7.29. The van der Waals surface area contributed by atoms with Gasteiger partial charge in [-0.05, 0) is 12.1 Å². The van der Waals surface area contributed by atoms with E-state index in [2.05, 4.69) is 15.0 Å². The van der Waals surface area contributed by atoms with Crippen LogP contribution in [0.2, 0.25) is 0 Å². The van der Waals surface area contributed by atoms with Crippen molar-refractivity contribution in [3.63, 3.8) is 0 Å². The van der Waals surface area contributed by atoms with Crippen molar-refractivity contribution in [2.75, 3.05) is 18.2 Å². The van der Waals surface area contributed by atoms with Crippen LogP contribution in [0.5, 0.6) is 0 Å². The molecule has 0 aromatic carbocycles. The Hall–Kier alpha value is -2.70. The fraction of sp³-hybridized carbons (Fsp3) is 0.231. The van der Waals surface area contributed by atoms with Gasteiger partial charge in [0.25, 0.3) is 5.91 Å². The van der Waals surface area contributed by atoms with Gasteiger partial charge >= 0.3 is 5.97 Å². The van der Waals surface area contributed by atoms with E-state index in [9.17, 15) is 9.59 Å². The SMILES string of the molecule is C.COC(=O)c1cc(NC(=O)c2cc(N)cn2C)c[nH]1. The first-order chi connectivity index (χ1) is 9.01. The molecule has 0 bridgehead atoms. The van der Waals surface area contributed by atoms with Gasteiger partial charge in [-0.3, -0.25) is 4.79 Å². The van der Waals surface area contributed by atoms with Gasteiger partial charge in [0.15, 0.2) is 0 Å². The fourth-order valence-corrected chi connectivity index (χ4v) is 1.71. The highest BCUT2D eigenvalue weighted by Gasteiger charge is 2.13. The number of aromatic nitrogens is 2. The molecule has 20 heavy (non-hydrogen) atoms. The molecule has 2 aromatic heterocycles. The van der Waals surface area contributed by atoms with E-state index < -0.39 is 5.97 Å². The number of aryl methyl sites for hydroxylation is 1. The molecule has 0 aliphatic rings. The fourth-order valence-electron chi connectivity index (χ4n) is 1.71. The molecule has 0 fully saturated rings. The molecular weight excluding hydrogens is 260 g/mol. The van der Waals surface area contributed by atoms with Crippen LogP contribution in [0.15, 0.2) is 24.5 Å². The third-order valence-corrected chi connectivity index (χ3v) is 2.60. The Morgan fingerprint density at radius 1 is 1.40 bits per heavy atom. The Kier molecular flexibility index (Phi) is 4.58. The molecular formula is C13H18N4O3. The molecule has 0 saturated carbocycles. The number of nitrogens with zero attached hydrogens (tertiary/aromatic N) is 1. The lowest BCUT2D eigenvalue weighted by Gasteiger charge is -2.03. The number of anilines is 2. The minimum Gasteiger partial charge on any atom is -0.464 e. The first-order valence-electron chi connectivity index (χ1n) is 5.51. The third-order valence-electron chi connectivity index (χ3n) is 2.60. The van der Waals surface area contributed by atoms with Crippen LogP contribution >= 0.6 is 0 Å². The van der Waals surface area contributed by atoms with Gasteiger partial charge in [0.05, 0.1) is 18.5 Å². The van der Waals surface area contributed by atoms with Crippen molar-refractivity contribution >= 4 is 23.3 Å². The summed E-state index contributed by atoms with van der Waals surface area (Å²) in [6.45, 7) is 0. The van der Waals surface area contributed by atoms with Crippen molar-refractivity contribution < 1.29 is 14.3 Å². The smallest absolute Gasteiger partial charge is 0.354 e. The standard InChI is InChI=1S/C12H14N4O3.CH4/c1-16-6-7(13)3-10(16)11(17)15-8-4-9(14-5-8)12(18)19-2;/h3-6,14H,13H2,1-2H3,(H,15,17);1H4. The number of carbonyl (C=O) groups is 2. The number of nitrogen functional groups attached to an aromatic ring is 1. The van der Waals surface area contributed by atoms with Gasteiger partial charge in [0.1, 0.15) is 11.4 Å². The van der Waals surface area contributed by atoms with Gasteiger partial charge < -0.3 is 25.3 Å². The van der Waals surface area contributed by atoms with Crippen LogP contribution in [0.1, 0.15) is 28.4 Å². The number of nitrogens with two attached hydrogens (primary N) is 1. The molecule has 0 atom stereocenters. The molecule has 2 rings (SSSR count). The number of rotatable bonds is 3. The Morgan fingerprint density at radius 3 is 2.65 bits per heavy atom. The highest BCUT2D eigenvalue weighted by molar-refractivity contribution is 6.04. The summed E-state index contributed by atoms with van der Waals surface area (Å²) < 4.78 is 6.18. The molecule has 108 valence electrons. The van der Waals surface area contributed by atoms with Gasteiger partial charge in [0, 0.05) is 19.4 Å². The van der Waals surface area contributed by atoms with Crippen LogP contribution in [-0.2, 0) is 11.8 Å². The van der Waals surface area contributed by atoms with Gasteiger partial charge in [-0.25, -0.2) is 4.79 Å². The minimum absolute atomic E-state index is 0. The van der Waals surface area contributed by atoms with Gasteiger partial charge in [0.2, 0.25) is 0 Å². The number of esters is 1. The summed E-state index contributed by atoms with van der Waals surface area (Å²) in [7, 11) is 3.01. The monoisotopic (exact) mass is 278 g/mol. The number of hydrogen-bond donors (Lipinski definition) is 3. The van der Waals surface area contributed by atoms with Crippen molar-refractivity contribution in [3.05, 3.63) is 35.9 Å². The minimum atomic E-state index is -0.497. The van der Waals surface area contributed by atoms with E-state index in [0.29, 0.717) is 17.1 Å². The second kappa shape index (κ2) is 5.96. The first-order valence-corrected chi connectivity index (χ1v) is 5.51. The van der Waals surface area contributed by atoms with Crippen molar-refractivity contribution in [1.29, 1.82) is 0 Å². The second-order valence-corrected chi connectivity index (χ2v) is 4.02. The average Bonchev–Trinajstić information content (AvgIpc) is 2.95. The van der Waals surface area contributed by atoms with E-state index in [1.807, 2.05) is 0 Å². The quantitative estimate of drug-likeness (QED) is 0.742. The molecule has 2 heterocycles. The summed E-state index contributed by atoms with van der Waals surface area (Å²) >= 11 is 0. The molecule has 4 N–H and O–H groups in total. The lowest BCUT2D eigenvalue weighted by molar-refractivity contribution is 0.0594. The number of methoxy groups -OCH3 is 1. The first kappa shape index (κ1) is 15.4. The number of carbonyl (C=O) groups excluding carboxylic acids is 2. The number of nitrogens with one attached hydrogen (secondary N) is 2. The maximum absolute atomic E-state index is 12.0. The molecule has 2 aromatic rings. The Balaban J connectivity index is 0.00000200. The molecule has 0 aliphatic heterocycles. The molecule has 0 radical (unpaired) electrons. The molecule has 0 aliphatic carbocycles. The number of ether oxygens (including phenoxy) is 1. The van der Waals surface area contributed by atoms with Gasteiger partial charge in [-0.15, -0.1) is 0 Å². The number of amides is 1. The van der Waals surface area contributed by atoms with Crippen molar-refractivity contribution in [1.82, 2.24) is 9.55 Å². The van der Waals surface area contributed by atoms with Crippen LogP contribution in [0.4, 0.5) is 11.4 Å². The summed E-state index contributed by atoms with van der Waals surface area (Å²) in [5, 5.41) is 2.66. The largest absolute Gasteiger partial charge is 0.464 e. The number of hydrogen-bond acceptors (Lipinski definition) is 4. The number of aromatic amines is 1. The zero-order valence-electron chi connectivity index (χ0n) is 10.6. The average molecular weight is 278 g/mol. The molecule has 0 saturated heterocycles. The summed E-state index contributed by atoms with van der Waals surface area (Å²) in [4.78, 5) is 25.9. The van der Waals surface area contributed by atoms with Crippen molar-refractivity contribution in [3.8, 4) is 0 Å². The second-order valence-electron chi connectivity index (χ2n) is 4.02.